The fourth-order valence-corrected chi connectivity index (χ4v) is 2.19. The number of rotatable bonds is 1. The molecular weight excluding hydrogens is 266 g/mol. The smallest absolute Gasteiger partial charge is 0.216 e. The molecule has 5 nitrogen and oxygen atoms in total. The second-order valence-corrected chi connectivity index (χ2v) is 7.42. The van der Waals surface area contributed by atoms with Gasteiger partial charge in [-0.3, -0.25) is 4.99 Å². The number of hydrogen-bond donors (Lipinski definition) is 1. The fourth-order valence-electron chi connectivity index (χ4n) is 2.19. The lowest BCUT2D eigenvalue weighted by Gasteiger charge is -2.23. The van der Waals surface area contributed by atoms with Gasteiger partial charge in [0.15, 0.2) is 5.88 Å². The van der Waals surface area contributed by atoms with Gasteiger partial charge in [0.1, 0.15) is 11.2 Å². The summed E-state index contributed by atoms with van der Waals surface area (Å²) in [4.78, 5) is 9.26. The summed E-state index contributed by atoms with van der Waals surface area (Å²) >= 11 is 0. The van der Waals surface area contributed by atoms with Crippen LogP contribution in [0.3, 0.4) is 0 Å². The van der Waals surface area contributed by atoms with Crippen LogP contribution in [0.5, 0.6) is 0 Å². The van der Waals surface area contributed by atoms with Gasteiger partial charge in [-0.2, -0.15) is 0 Å². The van der Waals surface area contributed by atoms with Crippen molar-refractivity contribution in [3.8, 4) is 0 Å². The highest BCUT2D eigenvalue weighted by Gasteiger charge is 2.37. The zero-order valence-electron chi connectivity index (χ0n) is 13.9. The first kappa shape index (κ1) is 15.6. The molecule has 0 bridgehead atoms. The van der Waals surface area contributed by atoms with Crippen LogP contribution in [-0.2, 0) is 9.47 Å². The number of nitrogens with zero attached hydrogens (tertiary/aromatic N) is 2. The molecule has 21 heavy (non-hydrogen) atoms. The second kappa shape index (κ2) is 4.61. The highest BCUT2D eigenvalue weighted by Crippen LogP contribution is 2.30. The Labute approximate surface area is 126 Å². The summed E-state index contributed by atoms with van der Waals surface area (Å²) in [5.74, 6) is 0.917. The first-order valence-electron chi connectivity index (χ1n) is 7.15. The molecule has 5 heteroatoms. The summed E-state index contributed by atoms with van der Waals surface area (Å²) in [6, 6.07) is 0. The van der Waals surface area contributed by atoms with Crippen molar-refractivity contribution in [1.82, 2.24) is 0 Å². The van der Waals surface area contributed by atoms with Gasteiger partial charge in [-0.25, -0.2) is 4.99 Å². The van der Waals surface area contributed by atoms with Crippen LogP contribution in [0.4, 0.5) is 0 Å². The summed E-state index contributed by atoms with van der Waals surface area (Å²) in [5.41, 5.74) is 6.18. The fraction of sp³-hybridized carbons (Fsp3) is 0.625. The van der Waals surface area contributed by atoms with Gasteiger partial charge >= 0.3 is 0 Å². The molecule has 0 aromatic rings. The van der Waals surface area contributed by atoms with Crippen molar-refractivity contribution in [1.29, 1.82) is 0 Å². The van der Waals surface area contributed by atoms with E-state index in [1.807, 2.05) is 33.8 Å². The van der Waals surface area contributed by atoms with E-state index in [-0.39, 0.29) is 5.54 Å². The van der Waals surface area contributed by atoms with Crippen molar-refractivity contribution in [2.24, 2.45) is 15.7 Å². The molecule has 0 spiro atoms. The molecular formula is C16H25N3O2. The molecule has 2 aliphatic rings. The van der Waals surface area contributed by atoms with Gasteiger partial charge < -0.3 is 15.2 Å². The predicted molar refractivity (Wildman–Crippen MR) is 85.3 cm³/mol. The molecule has 116 valence electrons. The third-order valence-corrected chi connectivity index (χ3v) is 3.19. The Balaban J connectivity index is 2.35. The van der Waals surface area contributed by atoms with E-state index in [1.54, 1.807) is 6.08 Å². The molecule has 0 saturated heterocycles. The SMILES string of the molecule is CC(C)(C)N=C1C=C(/N=C2\C=C(N)OC2(C)C)OC1(C)C. The van der Waals surface area contributed by atoms with E-state index in [2.05, 4.69) is 25.8 Å². The van der Waals surface area contributed by atoms with Crippen molar-refractivity contribution in [2.75, 3.05) is 0 Å². The molecule has 2 rings (SSSR count). The lowest BCUT2D eigenvalue weighted by Crippen LogP contribution is -2.31. The van der Waals surface area contributed by atoms with Gasteiger partial charge in [0.05, 0.1) is 17.0 Å². The van der Waals surface area contributed by atoms with Crippen molar-refractivity contribution < 1.29 is 9.47 Å². The van der Waals surface area contributed by atoms with Crippen molar-refractivity contribution >= 4 is 11.4 Å². The zero-order valence-corrected chi connectivity index (χ0v) is 13.9. The van der Waals surface area contributed by atoms with Gasteiger partial charge in [0.25, 0.3) is 0 Å². The number of aliphatic imine (C=N–C) groups is 2. The maximum atomic E-state index is 5.91. The van der Waals surface area contributed by atoms with E-state index in [9.17, 15) is 0 Å². The maximum Gasteiger partial charge on any atom is 0.216 e. The van der Waals surface area contributed by atoms with E-state index >= 15 is 0 Å². The van der Waals surface area contributed by atoms with Crippen LogP contribution in [0.2, 0.25) is 0 Å². The van der Waals surface area contributed by atoms with Crippen molar-refractivity contribution in [3.63, 3.8) is 0 Å². The Morgan fingerprint density at radius 2 is 1.52 bits per heavy atom. The third-order valence-electron chi connectivity index (χ3n) is 3.19. The van der Waals surface area contributed by atoms with Gasteiger partial charge in [-0.05, 0) is 48.5 Å². The Kier molecular flexibility index (Phi) is 3.43. The van der Waals surface area contributed by atoms with E-state index in [4.69, 9.17) is 20.2 Å². The van der Waals surface area contributed by atoms with E-state index in [1.165, 1.54) is 0 Å². The van der Waals surface area contributed by atoms with Crippen LogP contribution >= 0.6 is 0 Å². The average Bonchev–Trinajstić information content (AvgIpc) is 2.62. The van der Waals surface area contributed by atoms with Gasteiger partial charge in [0.2, 0.25) is 5.88 Å². The minimum absolute atomic E-state index is 0.158. The first-order chi connectivity index (χ1) is 9.39. The number of ether oxygens (including phenoxy) is 2. The standard InChI is InChI=1S/C16H25N3O2/c1-14(2,3)19-11-9-13(21-16(11,6)7)18-10-8-12(17)20-15(10,4)5/h8-9H,17H2,1-7H3/b18-10+,19-11?. The molecule has 0 saturated carbocycles. The Bertz CT molecular complexity index is 573. The van der Waals surface area contributed by atoms with Crippen LogP contribution in [0.15, 0.2) is 33.9 Å². The molecule has 2 aliphatic heterocycles. The minimum atomic E-state index is -0.539. The molecule has 0 aromatic carbocycles. The largest absolute Gasteiger partial charge is 0.467 e. The molecule has 0 atom stereocenters. The predicted octanol–water partition coefficient (Wildman–Crippen LogP) is 2.93. The first-order valence-corrected chi connectivity index (χ1v) is 7.15. The monoisotopic (exact) mass is 291 g/mol. The quantitative estimate of drug-likeness (QED) is 0.807. The van der Waals surface area contributed by atoms with Crippen LogP contribution in [-0.4, -0.2) is 28.2 Å². The number of nitrogens with two attached hydrogens (primary N) is 1. The van der Waals surface area contributed by atoms with Gasteiger partial charge in [-0.15, -0.1) is 0 Å². The van der Waals surface area contributed by atoms with E-state index in [0.29, 0.717) is 11.8 Å². The molecule has 0 amide bonds. The van der Waals surface area contributed by atoms with Gasteiger partial charge in [0, 0.05) is 12.2 Å². The Morgan fingerprint density at radius 3 is 2.00 bits per heavy atom. The molecule has 2 heterocycles. The summed E-state index contributed by atoms with van der Waals surface area (Å²) in [6.45, 7) is 14.0. The topological polar surface area (TPSA) is 69.2 Å². The van der Waals surface area contributed by atoms with Crippen LogP contribution in [0.1, 0.15) is 48.5 Å². The minimum Gasteiger partial charge on any atom is -0.467 e. The van der Waals surface area contributed by atoms with Crippen molar-refractivity contribution in [3.05, 3.63) is 23.9 Å². The summed E-state index contributed by atoms with van der Waals surface area (Å²) in [7, 11) is 0. The van der Waals surface area contributed by atoms with Gasteiger partial charge in [-0.1, -0.05) is 0 Å². The van der Waals surface area contributed by atoms with Crippen LogP contribution in [0.25, 0.3) is 0 Å². The molecule has 0 radical (unpaired) electrons. The summed E-state index contributed by atoms with van der Waals surface area (Å²) < 4.78 is 11.4. The molecule has 0 aromatic heterocycles. The normalized spacial score (nSPS) is 27.4. The summed E-state index contributed by atoms with van der Waals surface area (Å²) in [6.07, 6.45) is 3.62. The highest BCUT2D eigenvalue weighted by atomic mass is 16.5. The average molecular weight is 291 g/mol. The van der Waals surface area contributed by atoms with Crippen LogP contribution in [0, 0.1) is 0 Å². The third kappa shape index (κ3) is 3.46. The lowest BCUT2D eigenvalue weighted by atomic mass is 10.0. The molecule has 0 aliphatic carbocycles. The highest BCUT2D eigenvalue weighted by molar-refractivity contribution is 6.06. The van der Waals surface area contributed by atoms with Crippen molar-refractivity contribution in [2.45, 2.75) is 65.2 Å². The Morgan fingerprint density at radius 1 is 0.952 bits per heavy atom. The zero-order chi connectivity index (χ0) is 16.1. The molecule has 0 unspecified atom stereocenters. The van der Waals surface area contributed by atoms with E-state index in [0.717, 1.165) is 11.4 Å². The molecule has 0 fully saturated rings. The summed E-state index contributed by atoms with van der Waals surface area (Å²) in [5, 5.41) is 0. The lowest BCUT2D eigenvalue weighted by molar-refractivity contribution is 0.0996. The number of hydrogen-bond acceptors (Lipinski definition) is 5. The van der Waals surface area contributed by atoms with E-state index < -0.39 is 11.2 Å². The van der Waals surface area contributed by atoms with Crippen LogP contribution < -0.4 is 5.73 Å². The maximum absolute atomic E-state index is 5.91. The second-order valence-electron chi connectivity index (χ2n) is 7.42. The Hall–Kier alpha value is -1.78. The molecule has 2 N–H and O–H groups in total.